The van der Waals surface area contributed by atoms with Gasteiger partial charge in [-0.1, -0.05) is 12.1 Å². The van der Waals surface area contributed by atoms with Crippen molar-refractivity contribution in [1.82, 2.24) is 10.3 Å². The minimum Gasteiger partial charge on any atom is -0.368 e. The summed E-state index contributed by atoms with van der Waals surface area (Å²) in [4.78, 5) is 30.5. The highest BCUT2D eigenvalue weighted by Crippen LogP contribution is 2.45. The molecular formula is C20H21FN3O2S. The molecule has 1 aromatic carbocycles. The maximum atomic E-state index is 13.3. The highest BCUT2D eigenvalue weighted by Gasteiger charge is 2.41. The van der Waals surface area contributed by atoms with Crippen LogP contribution in [0.1, 0.15) is 53.5 Å². The Bertz CT molecular complexity index is 868. The Balaban J connectivity index is 1.68. The fourth-order valence-electron chi connectivity index (χ4n) is 3.43. The van der Waals surface area contributed by atoms with Crippen molar-refractivity contribution in [3.8, 4) is 10.4 Å². The molecule has 1 saturated heterocycles. The Labute approximate surface area is 161 Å². The van der Waals surface area contributed by atoms with Crippen LogP contribution >= 0.6 is 11.3 Å². The number of carbonyl (C=O) groups is 2. The van der Waals surface area contributed by atoms with Gasteiger partial charge in [-0.25, -0.2) is 9.37 Å². The number of nitrogens with one attached hydrogen (secondary N) is 1. The zero-order valence-corrected chi connectivity index (χ0v) is 15.7. The second-order valence-electron chi connectivity index (χ2n) is 7.24. The van der Waals surface area contributed by atoms with E-state index in [0.29, 0.717) is 29.5 Å². The van der Waals surface area contributed by atoms with E-state index in [1.807, 2.05) is 0 Å². The molecule has 4 rings (SSSR count). The lowest BCUT2D eigenvalue weighted by atomic mass is 9.83. The van der Waals surface area contributed by atoms with Crippen molar-refractivity contribution in [3.63, 3.8) is 0 Å². The number of aromatic nitrogens is 1. The van der Waals surface area contributed by atoms with Gasteiger partial charge in [0.1, 0.15) is 17.1 Å². The van der Waals surface area contributed by atoms with E-state index in [0.717, 1.165) is 36.3 Å². The van der Waals surface area contributed by atoms with Gasteiger partial charge in [0.25, 0.3) is 0 Å². The highest BCUT2D eigenvalue weighted by atomic mass is 32.1. The zero-order chi connectivity index (χ0) is 19.0. The molecule has 1 aliphatic carbocycles. The van der Waals surface area contributed by atoms with E-state index in [4.69, 9.17) is 5.73 Å². The molecule has 3 N–H and O–H groups in total. The Morgan fingerprint density at radius 3 is 2.59 bits per heavy atom. The highest BCUT2D eigenvalue weighted by molar-refractivity contribution is 7.15. The number of nitrogens with two attached hydrogens (primary N) is 1. The first kappa shape index (κ1) is 18.3. The fourth-order valence-corrected chi connectivity index (χ4v) is 4.68. The van der Waals surface area contributed by atoms with E-state index in [2.05, 4.69) is 10.3 Å². The first-order valence-electron chi connectivity index (χ1n) is 9.20. The molecule has 1 amide bonds. The SMILES string of the molecule is NC(=O)C1([CH]C(=O)c2nc(C3CC3)sc2-c2ccc(F)cc2)CCCCN1. The molecule has 0 bridgehead atoms. The Morgan fingerprint density at radius 1 is 1.26 bits per heavy atom. The van der Waals surface area contributed by atoms with Gasteiger partial charge in [-0.2, -0.15) is 0 Å². The van der Waals surface area contributed by atoms with Gasteiger partial charge in [0.05, 0.1) is 16.3 Å². The van der Waals surface area contributed by atoms with E-state index < -0.39 is 11.4 Å². The van der Waals surface area contributed by atoms with E-state index in [1.54, 1.807) is 12.1 Å². The fraction of sp³-hybridized carbons (Fsp3) is 0.400. The maximum Gasteiger partial charge on any atom is 0.238 e. The number of rotatable bonds is 6. The second-order valence-corrected chi connectivity index (χ2v) is 8.27. The van der Waals surface area contributed by atoms with Crippen LogP contribution in [0.2, 0.25) is 0 Å². The molecule has 1 aromatic heterocycles. The van der Waals surface area contributed by atoms with Crippen LogP contribution in [-0.4, -0.2) is 28.8 Å². The number of hydrogen-bond acceptors (Lipinski definition) is 5. The van der Waals surface area contributed by atoms with Crippen LogP contribution in [0.4, 0.5) is 4.39 Å². The quantitative estimate of drug-likeness (QED) is 0.747. The molecule has 27 heavy (non-hydrogen) atoms. The molecule has 2 aliphatic rings. The molecule has 1 aliphatic heterocycles. The third-order valence-corrected chi connectivity index (χ3v) is 6.43. The molecule has 7 heteroatoms. The predicted octanol–water partition coefficient (Wildman–Crippen LogP) is 3.21. The van der Waals surface area contributed by atoms with Gasteiger partial charge in [-0.3, -0.25) is 9.59 Å². The van der Waals surface area contributed by atoms with E-state index in [9.17, 15) is 14.0 Å². The van der Waals surface area contributed by atoms with Gasteiger partial charge in [-0.15, -0.1) is 11.3 Å². The van der Waals surface area contributed by atoms with Crippen LogP contribution in [-0.2, 0) is 4.79 Å². The average molecular weight is 386 g/mol. The lowest BCUT2D eigenvalue weighted by molar-refractivity contribution is -0.123. The topological polar surface area (TPSA) is 85.1 Å². The first-order chi connectivity index (χ1) is 13.0. The number of benzene rings is 1. The summed E-state index contributed by atoms with van der Waals surface area (Å²) in [5.41, 5.74) is 5.56. The molecule has 2 fully saturated rings. The number of thiazole rings is 1. The smallest absolute Gasteiger partial charge is 0.238 e. The number of hydrogen-bond donors (Lipinski definition) is 2. The van der Waals surface area contributed by atoms with Crippen LogP contribution in [0.3, 0.4) is 0 Å². The van der Waals surface area contributed by atoms with Crippen molar-refractivity contribution >= 4 is 23.0 Å². The summed E-state index contributed by atoms with van der Waals surface area (Å²) < 4.78 is 13.3. The van der Waals surface area contributed by atoms with Crippen molar-refractivity contribution in [3.05, 3.63) is 47.2 Å². The third kappa shape index (κ3) is 3.66. The van der Waals surface area contributed by atoms with Gasteiger partial charge in [0, 0.05) is 5.92 Å². The number of Topliss-reactive ketones (excluding diaryl/α,β-unsaturated/α-hetero) is 1. The minimum atomic E-state index is -1.13. The first-order valence-corrected chi connectivity index (χ1v) is 10.0. The van der Waals surface area contributed by atoms with Crippen LogP contribution in [0, 0.1) is 12.2 Å². The van der Waals surface area contributed by atoms with Crippen molar-refractivity contribution in [2.24, 2.45) is 5.73 Å². The molecule has 1 saturated carbocycles. The number of piperidine rings is 1. The minimum absolute atomic E-state index is 0.314. The molecular weight excluding hydrogens is 365 g/mol. The van der Waals surface area contributed by atoms with E-state index in [-0.39, 0.29) is 11.6 Å². The summed E-state index contributed by atoms with van der Waals surface area (Å²) in [5.74, 6) is -0.792. The summed E-state index contributed by atoms with van der Waals surface area (Å²) in [6.45, 7) is 0.641. The van der Waals surface area contributed by atoms with E-state index in [1.165, 1.54) is 29.9 Å². The number of nitrogens with zero attached hydrogens (tertiary/aromatic N) is 1. The van der Waals surface area contributed by atoms with Gasteiger partial charge in [0.2, 0.25) is 5.91 Å². The molecule has 0 spiro atoms. The maximum absolute atomic E-state index is 13.3. The predicted molar refractivity (Wildman–Crippen MR) is 102 cm³/mol. The summed E-state index contributed by atoms with van der Waals surface area (Å²) in [7, 11) is 0. The lowest BCUT2D eigenvalue weighted by Gasteiger charge is -2.34. The summed E-state index contributed by atoms with van der Waals surface area (Å²) >= 11 is 1.48. The number of ketones is 1. The number of halogens is 1. The Hall–Kier alpha value is -2.12. The van der Waals surface area contributed by atoms with E-state index >= 15 is 0 Å². The number of amides is 1. The van der Waals surface area contributed by atoms with Crippen molar-refractivity contribution < 1.29 is 14.0 Å². The molecule has 2 heterocycles. The third-order valence-electron chi connectivity index (χ3n) is 5.17. The zero-order valence-electron chi connectivity index (χ0n) is 14.8. The Morgan fingerprint density at radius 2 is 2.00 bits per heavy atom. The molecule has 2 aromatic rings. The van der Waals surface area contributed by atoms with Crippen LogP contribution in [0.25, 0.3) is 10.4 Å². The van der Waals surface area contributed by atoms with Crippen LogP contribution in [0.5, 0.6) is 0 Å². The summed E-state index contributed by atoms with van der Waals surface area (Å²) in [6.07, 6.45) is 5.81. The van der Waals surface area contributed by atoms with Gasteiger partial charge < -0.3 is 11.1 Å². The monoisotopic (exact) mass is 386 g/mol. The normalized spacial score (nSPS) is 22.6. The number of carbonyl (C=O) groups excluding carboxylic acids is 2. The molecule has 1 unspecified atom stereocenters. The largest absolute Gasteiger partial charge is 0.368 e. The summed E-state index contributed by atoms with van der Waals surface area (Å²) in [6, 6.07) is 6.05. The van der Waals surface area contributed by atoms with Gasteiger partial charge in [-0.05, 0) is 56.3 Å². The Kier molecular flexibility index (Phi) is 4.82. The van der Waals surface area contributed by atoms with Crippen LogP contribution < -0.4 is 11.1 Å². The van der Waals surface area contributed by atoms with Crippen molar-refractivity contribution in [2.75, 3.05) is 6.54 Å². The second kappa shape index (κ2) is 7.13. The average Bonchev–Trinajstić information content (AvgIpc) is 3.41. The standard InChI is InChI=1S/C20H21FN3O2S/c21-14-7-5-12(6-8-14)17-16(24-18(27-17)13-3-4-13)15(25)11-20(19(22)26)9-1-2-10-23-20/h5-8,11,13,23H,1-4,9-10H2,(H2,22,26). The van der Waals surface area contributed by atoms with Gasteiger partial charge >= 0.3 is 0 Å². The molecule has 5 nitrogen and oxygen atoms in total. The molecule has 1 atom stereocenters. The molecule has 1 radical (unpaired) electrons. The lowest BCUT2D eigenvalue weighted by Crippen LogP contribution is -2.59. The number of primary amides is 1. The van der Waals surface area contributed by atoms with Crippen molar-refractivity contribution in [2.45, 2.75) is 43.6 Å². The van der Waals surface area contributed by atoms with Crippen LogP contribution in [0.15, 0.2) is 24.3 Å². The molecule has 141 valence electrons. The van der Waals surface area contributed by atoms with Crippen molar-refractivity contribution in [1.29, 1.82) is 0 Å². The van der Waals surface area contributed by atoms with Gasteiger partial charge in [0.15, 0.2) is 5.78 Å². The summed E-state index contributed by atoms with van der Waals surface area (Å²) in [5, 5.41) is 4.04.